The molecule has 0 bridgehead atoms. The van der Waals surface area contributed by atoms with Gasteiger partial charge in [0.2, 0.25) is 0 Å². The molecule has 3 aromatic heterocycles. The fourth-order valence-electron chi connectivity index (χ4n) is 10.7. The Balaban J connectivity index is 0.000000161. The van der Waals surface area contributed by atoms with Crippen LogP contribution in [-0.4, -0.2) is 24.9 Å². The van der Waals surface area contributed by atoms with Gasteiger partial charge in [0.15, 0.2) is 17.5 Å². The highest BCUT2D eigenvalue weighted by Crippen LogP contribution is 2.49. The zero-order valence-corrected chi connectivity index (χ0v) is 52.2. The van der Waals surface area contributed by atoms with Crippen molar-refractivity contribution in [1.82, 2.24) is 24.9 Å². The van der Waals surface area contributed by atoms with Crippen LogP contribution in [0.5, 0.6) is 0 Å². The molecular formula is C81H77N5. The normalized spacial score (nSPS) is 11.6. The minimum atomic E-state index is 0.142. The van der Waals surface area contributed by atoms with E-state index in [0.717, 1.165) is 44.8 Å². The number of fused-ring (bicyclic) bond motifs is 3. The van der Waals surface area contributed by atoms with Gasteiger partial charge in [-0.05, 0) is 177 Å². The Labute approximate surface area is 510 Å². The van der Waals surface area contributed by atoms with Crippen LogP contribution in [0, 0.1) is 76.2 Å². The molecule has 5 heteroatoms. The van der Waals surface area contributed by atoms with Crippen molar-refractivity contribution in [3.63, 3.8) is 0 Å². The van der Waals surface area contributed by atoms with E-state index >= 15 is 0 Å². The first kappa shape index (κ1) is 59.4. The number of aryl methyl sites for hydroxylation is 11. The molecule has 0 saturated carbocycles. The number of benzene rings is 9. The number of pyridine rings is 2. The second-order valence-corrected chi connectivity index (χ2v) is 23.8. The van der Waals surface area contributed by atoms with Gasteiger partial charge in [-0.1, -0.05) is 248 Å². The van der Waals surface area contributed by atoms with Crippen molar-refractivity contribution < 1.29 is 0 Å². The predicted molar refractivity (Wildman–Crippen MR) is 362 cm³/mol. The third-order valence-electron chi connectivity index (χ3n) is 16.4. The van der Waals surface area contributed by atoms with Crippen LogP contribution in [0.2, 0.25) is 0 Å². The molecule has 3 heterocycles. The molecular weight excluding hydrogens is 1040 g/mol. The zero-order valence-electron chi connectivity index (χ0n) is 52.2. The summed E-state index contributed by atoms with van der Waals surface area (Å²) in [6, 6.07) is 77.4. The van der Waals surface area contributed by atoms with Crippen molar-refractivity contribution in [2.45, 2.75) is 95.4 Å². The van der Waals surface area contributed by atoms with E-state index in [4.69, 9.17) is 15.0 Å². The van der Waals surface area contributed by atoms with Crippen molar-refractivity contribution >= 4 is 0 Å². The topological polar surface area (TPSA) is 64.5 Å². The Morgan fingerprint density at radius 2 is 0.465 bits per heavy atom. The smallest absolute Gasteiger partial charge is 0.164 e. The van der Waals surface area contributed by atoms with Gasteiger partial charge in [-0.25, -0.2) is 15.0 Å². The Hall–Kier alpha value is -9.71. The average molecular weight is 1120 g/mol. The number of hydrogen-bond acceptors (Lipinski definition) is 5. The van der Waals surface area contributed by atoms with E-state index in [2.05, 4.69) is 280 Å². The fourth-order valence-corrected chi connectivity index (χ4v) is 10.7. The van der Waals surface area contributed by atoms with Crippen molar-refractivity contribution in [3.8, 4) is 90.1 Å². The molecule has 13 rings (SSSR count). The van der Waals surface area contributed by atoms with E-state index in [1.54, 1.807) is 0 Å². The van der Waals surface area contributed by atoms with Gasteiger partial charge in [-0.15, -0.1) is 0 Å². The maximum Gasteiger partial charge on any atom is 0.164 e. The number of hydrogen-bond donors (Lipinski definition) is 0. The number of aromatic nitrogens is 5. The zero-order chi connectivity index (χ0) is 60.6. The molecule has 1 aliphatic rings. The van der Waals surface area contributed by atoms with Crippen molar-refractivity contribution in [1.29, 1.82) is 0 Å². The van der Waals surface area contributed by atoms with Crippen LogP contribution < -0.4 is 0 Å². The molecule has 0 saturated heterocycles. The van der Waals surface area contributed by atoms with Gasteiger partial charge in [0.25, 0.3) is 0 Å². The molecule has 0 fully saturated rings. The van der Waals surface area contributed by atoms with Crippen LogP contribution in [0.25, 0.3) is 90.1 Å². The molecule has 0 atom stereocenters. The Morgan fingerprint density at radius 1 is 0.233 bits per heavy atom. The summed E-state index contributed by atoms with van der Waals surface area (Å²) in [6.07, 6.45) is 3.72. The van der Waals surface area contributed by atoms with Gasteiger partial charge < -0.3 is 0 Å². The third-order valence-corrected chi connectivity index (χ3v) is 16.4. The molecule has 0 amide bonds. The lowest BCUT2D eigenvalue weighted by Gasteiger charge is -2.22. The maximum absolute atomic E-state index is 4.98. The average Bonchev–Trinajstić information content (AvgIpc) is 2.40. The first-order valence-corrected chi connectivity index (χ1v) is 29.8. The standard InChI is InChI=1S/C42H33N3.C17H18.C12H12N2.C10H14/c1-28-4-10-31(11-5-28)34-16-22-37(23-17-34)40-43-41(38-24-18-35(19-25-38)32-12-6-29(2)7-13-32)45-42(44-40)39-26-20-36(21-27-39)33-14-8-30(3)9-15-33;1-11-5-7-13-14-8-6-12(2)10-16(14)17(3,4)15(13)9-11;1-9-3-5-11(13-7-9)12-6-4-10(2)8-14-12;1-7-5-9(3)10(4)6-8(7)2/h4-27H,1-3H3;5-10H,1-4H3;3-8H,1-2H3;5-6H,1-4H3. The van der Waals surface area contributed by atoms with Gasteiger partial charge in [0.05, 0.1) is 11.4 Å². The summed E-state index contributed by atoms with van der Waals surface area (Å²) in [6.45, 7) is 28.0. The minimum Gasteiger partial charge on any atom is -0.254 e. The molecule has 426 valence electrons. The predicted octanol–water partition coefficient (Wildman–Crippen LogP) is 21.1. The largest absolute Gasteiger partial charge is 0.254 e. The second-order valence-electron chi connectivity index (χ2n) is 23.8. The Bertz CT molecular complexity index is 3870. The SMILES string of the molecule is Cc1cc(C)c(C)cc1C.Cc1ccc(-c2ccc(-c3nc(-c4ccc(-c5ccc(C)cc5)cc4)nc(-c4ccc(-c5ccc(C)cc5)cc4)n3)cc2)cc1.Cc1ccc(-c2ccc(C)cn2)nc1.Cc1ccc2c(c1)C(C)(C)c1cc(C)ccc1-2. The molecule has 9 aromatic carbocycles. The quantitative estimate of drug-likeness (QED) is 0.159. The van der Waals surface area contributed by atoms with Crippen LogP contribution in [0.15, 0.2) is 231 Å². The van der Waals surface area contributed by atoms with Gasteiger partial charge in [-0.3, -0.25) is 9.97 Å². The summed E-state index contributed by atoms with van der Waals surface area (Å²) in [7, 11) is 0. The van der Waals surface area contributed by atoms with Crippen molar-refractivity contribution in [3.05, 3.63) is 303 Å². The highest BCUT2D eigenvalue weighted by atomic mass is 15.0. The molecule has 5 nitrogen and oxygen atoms in total. The van der Waals surface area contributed by atoms with E-state index in [0.29, 0.717) is 17.5 Å². The first-order valence-electron chi connectivity index (χ1n) is 29.8. The van der Waals surface area contributed by atoms with Crippen molar-refractivity contribution in [2.24, 2.45) is 0 Å². The highest BCUT2D eigenvalue weighted by Gasteiger charge is 2.35. The summed E-state index contributed by atoms with van der Waals surface area (Å²) < 4.78 is 0. The summed E-state index contributed by atoms with van der Waals surface area (Å²) in [4.78, 5) is 23.6. The lowest BCUT2D eigenvalue weighted by atomic mass is 9.81. The molecule has 0 unspecified atom stereocenters. The van der Waals surface area contributed by atoms with E-state index in [1.807, 2.05) is 50.5 Å². The lowest BCUT2D eigenvalue weighted by molar-refractivity contribution is 0.659. The maximum atomic E-state index is 4.98. The molecule has 12 aromatic rings. The molecule has 0 radical (unpaired) electrons. The first-order chi connectivity index (χ1) is 41.3. The summed E-state index contributed by atoms with van der Waals surface area (Å²) in [5.74, 6) is 1.95. The number of rotatable bonds is 7. The minimum absolute atomic E-state index is 0.142. The number of nitrogens with zero attached hydrogens (tertiary/aromatic N) is 5. The molecule has 86 heavy (non-hydrogen) atoms. The van der Waals surface area contributed by atoms with Crippen LogP contribution in [0.1, 0.15) is 86.2 Å². The van der Waals surface area contributed by atoms with Gasteiger partial charge >= 0.3 is 0 Å². The monoisotopic (exact) mass is 1120 g/mol. The fraction of sp³-hybridized carbons (Fsp3) is 0.173. The van der Waals surface area contributed by atoms with Crippen molar-refractivity contribution in [2.75, 3.05) is 0 Å². The van der Waals surface area contributed by atoms with Crippen LogP contribution in [0.4, 0.5) is 0 Å². The van der Waals surface area contributed by atoms with E-state index < -0.39 is 0 Å². The van der Waals surface area contributed by atoms with Gasteiger partial charge in [0.1, 0.15) is 0 Å². The Kier molecular flexibility index (Phi) is 18.0. The van der Waals surface area contributed by atoms with Gasteiger partial charge in [0, 0.05) is 34.5 Å². The Morgan fingerprint density at radius 3 is 0.721 bits per heavy atom. The summed E-state index contributed by atoms with van der Waals surface area (Å²) in [5.41, 5.74) is 32.0. The third kappa shape index (κ3) is 14.1. The van der Waals surface area contributed by atoms with Crippen LogP contribution in [0.3, 0.4) is 0 Å². The van der Waals surface area contributed by atoms with Gasteiger partial charge in [-0.2, -0.15) is 0 Å². The van der Waals surface area contributed by atoms with E-state index in [-0.39, 0.29) is 5.41 Å². The molecule has 1 aliphatic carbocycles. The second kappa shape index (κ2) is 26.1. The van der Waals surface area contributed by atoms with E-state index in [9.17, 15) is 0 Å². The van der Waals surface area contributed by atoms with Crippen LogP contribution >= 0.6 is 0 Å². The summed E-state index contributed by atoms with van der Waals surface area (Å²) >= 11 is 0. The highest BCUT2D eigenvalue weighted by molar-refractivity contribution is 5.81. The molecule has 0 aliphatic heterocycles. The van der Waals surface area contributed by atoms with Crippen LogP contribution in [-0.2, 0) is 5.41 Å². The van der Waals surface area contributed by atoms with E-state index in [1.165, 1.54) is 100 Å². The lowest BCUT2D eigenvalue weighted by Crippen LogP contribution is -2.15. The molecule has 0 N–H and O–H groups in total. The molecule has 0 spiro atoms. The summed E-state index contributed by atoms with van der Waals surface area (Å²) in [5, 5.41) is 0.